The van der Waals surface area contributed by atoms with Gasteiger partial charge in [-0.2, -0.15) is 0 Å². The van der Waals surface area contributed by atoms with Gasteiger partial charge in [-0.1, -0.05) is 75.1 Å². The van der Waals surface area contributed by atoms with E-state index in [4.69, 9.17) is 52.1 Å². The fraction of sp³-hybridized carbons (Fsp3) is 0.656. The van der Waals surface area contributed by atoms with Crippen LogP contribution in [-0.2, 0) is 56.9 Å². The zero-order chi connectivity index (χ0) is 54.4. The zero-order valence-corrected chi connectivity index (χ0v) is 46.2. The molecule has 0 saturated carbocycles. The molecule has 8 saturated heterocycles. The second-order valence-corrected chi connectivity index (χ2v) is 25.7. The molecule has 3 aromatic rings. The van der Waals surface area contributed by atoms with Crippen LogP contribution in [0, 0.1) is 11.8 Å². The first kappa shape index (κ1) is 54.2. The van der Waals surface area contributed by atoms with Gasteiger partial charge in [-0.3, -0.25) is 4.79 Å². The number of hydrogen-bond donors (Lipinski definition) is 2. The summed E-state index contributed by atoms with van der Waals surface area (Å²) in [5.41, 5.74) is -0.0916. The van der Waals surface area contributed by atoms with Crippen LogP contribution in [0.15, 0.2) is 91.1 Å². The minimum Gasteiger partial charge on any atom is -0.458 e. The molecule has 10 aliphatic heterocycles. The maximum atomic E-state index is 13.2. The maximum absolute atomic E-state index is 13.2. The van der Waals surface area contributed by atoms with Crippen LogP contribution in [0.3, 0.4) is 0 Å². The molecule has 0 radical (unpaired) electrons. The summed E-state index contributed by atoms with van der Waals surface area (Å²) in [4.78, 5) is 25.7. The topological polar surface area (TPSA) is 176 Å². The highest BCUT2D eigenvalue weighted by Gasteiger charge is 2.60. The van der Waals surface area contributed by atoms with E-state index in [1.807, 2.05) is 24.3 Å². The van der Waals surface area contributed by atoms with Crippen molar-refractivity contribution in [2.45, 2.75) is 245 Å². The van der Waals surface area contributed by atoms with E-state index in [0.29, 0.717) is 69.8 Å². The van der Waals surface area contributed by atoms with E-state index in [1.54, 1.807) is 6.07 Å². The molecule has 0 aliphatic carbocycles. The number of fused-ring (bicyclic) bond motifs is 11. The summed E-state index contributed by atoms with van der Waals surface area (Å²) in [5, 5.41) is 27.3. The molecule has 3 aromatic carbocycles. The monoisotopic (exact) mass is 1090 g/mol. The Morgan fingerprint density at radius 3 is 2.22 bits per heavy atom. The first-order chi connectivity index (χ1) is 38.0. The van der Waals surface area contributed by atoms with Crippen molar-refractivity contribution in [1.29, 1.82) is 0 Å². The summed E-state index contributed by atoms with van der Waals surface area (Å²) < 4.78 is 74.2. The molecule has 0 spiro atoms. The SMILES string of the molecule is C=C(COC(=O)c1ccc2cc3ccccc3cc2c1)C[C@@H]1C[C@H](O)[C@@H]2O[C@@H]3C[C@]4(C)O[C@@H]5/C=C\C[C@@H]6O[C@H]7C(C/C=C\CC6OC5CCCC4OC3CC2O1)OC1CC2OC3CC(=O)O[C@@]3(O)C[C@@H](C)C[C@@]2(C)O[C@H]1C[C@@H]7C. The van der Waals surface area contributed by atoms with Crippen LogP contribution in [0.1, 0.15) is 134 Å². The van der Waals surface area contributed by atoms with E-state index in [2.05, 4.69) is 82.8 Å². The third-order valence-corrected chi connectivity index (χ3v) is 19.5. The molecule has 13 rings (SSSR count). The zero-order valence-electron chi connectivity index (χ0n) is 46.2. The number of rotatable bonds is 5. The Morgan fingerprint density at radius 2 is 1.38 bits per heavy atom. The predicted molar refractivity (Wildman–Crippen MR) is 291 cm³/mol. The predicted octanol–water partition coefficient (Wildman–Crippen LogP) is 9.24. The summed E-state index contributed by atoms with van der Waals surface area (Å²) in [6.07, 6.45) is 12.2. The van der Waals surface area contributed by atoms with E-state index in [1.165, 1.54) is 0 Å². The molecule has 9 unspecified atom stereocenters. The summed E-state index contributed by atoms with van der Waals surface area (Å²) >= 11 is 0. The highest BCUT2D eigenvalue weighted by Crippen LogP contribution is 2.50. The third kappa shape index (κ3) is 10.8. The molecule has 15 nitrogen and oxygen atoms in total. The number of aliphatic hydroxyl groups is 2. The molecule has 0 bridgehead atoms. The van der Waals surface area contributed by atoms with E-state index < -0.39 is 47.2 Å². The Hall–Kier alpha value is -4.10. The van der Waals surface area contributed by atoms with Gasteiger partial charge < -0.3 is 62.3 Å². The lowest BCUT2D eigenvalue weighted by atomic mass is 9.77. The number of hydrogen-bond acceptors (Lipinski definition) is 15. The van der Waals surface area contributed by atoms with Gasteiger partial charge in [-0.05, 0) is 135 Å². The van der Waals surface area contributed by atoms with Crippen LogP contribution in [0.2, 0.25) is 0 Å². The minimum absolute atomic E-state index is 0.0168. The highest BCUT2D eigenvalue weighted by molar-refractivity contribution is 6.01. The van der Waals surface area contributed by atoms with E-state index in [9.17, 15) is 19.8 Å². The van der Waals surface area contributed by atoms with Gasteiger partial charge in [0.2, 0.25) is 5.79 Å². The van der Waals surface area contributed by atoms with Crippen LogP contribution in [0.25, 0.3) is 21.5 Å². The van der Waals surface area contributed by atoms with Gasteiger partial charge in [0.25, 0.3) is 0 Å². The summed E-state index contributed by atoms with van der Waals surface area (Å²) in [7, 11) is 0. The Bertz CT molecular complexity index is 2830. The number of benzene rings is 3. The van der Waals surface area contributed by atoms with Crippen LogP contribution in [-0.4, -0.2) is 150 Å². The average molecular weight is 1090 g/mol. The molecule has 0 aromatic heterocycles. The lowest BCUT2D eigenvalue weighted by Gasteiger charge is -2.55. The van der Waals surface area contributed by atoms with Crippen LogP contribution < -0.4 is 0 Å². The van der Waals surface area contributed by atoms with Crippen LogP contribution >= 0.6 is 0 Å². The molecule has 10 heterocycles. The molecule has 22 atom stereocenters. The quantitative estimate of drug-likeness (QED) is 0.140. The second kappa shape index (κ2) is 21.6. The smallest absolute Gasteiger partial charge is 0.338 e. The first-order valence-electron chi connectivity index (χ1n) is 29.7. The molecule has 426 valence electrons. The Kier molecular flexibility index (Phi) is 14.8. The summed E-state index contributed by atoms with van der Waals surface area (Å²) in [6.45, 7) is 12.9. The van der Waals surface area contributed by atoms with E-state index in [0.717, 1.165) is 52.8 Å². The van der Waals surface area contributed by atoms with Gasteiger partial charge in [0.15, 0.2) is 0 Å². The summed E-state index contributed by atoms with van der Waals surface area (Å²) in [6, 6.07) is 18.0. The normalized spacial score (nSPS) is 45.7. The van der Waals surface area contributed by atoms with Crippen molar-refractivity contribution in [3.63, 3.8) is 0 Å². The van der Waals surface area contributed by atoms with Crippen molar-refractivity contribution in [3.8, 4) is 0 Å². The van der Waals surface area contributed by atoms with Crippen molar-refractivity contribution in [1.82, 2.24) is 0 Å². The largest absolute Gasteiger partial charge is 0.458 e. The number of aliphatic hydroxyl groups excluding tert-OH is 1. The molecular weight excluding hydrogens is 1010 g/mol. The van der Waals surface area contributed by atoms with E-state index in [-0.39, 0.29) is 110 Å². The first-order valence-corrected chi connectivity index (χ1v) is 29.7. The van der Waals surface area contributed by atoms with Crippen LogP contribution in [0.5, 0.6) is 0 Å². The third-order valence-electron chi connectivity index (χ3n) is 19.5. The average Bonchev–Trinajstić information content (AvgIpc) is 3.64. The van der Waals surface area contributed by atoms with Crippen LogP contribution in [0.4, 0.5) is 0 Å². The number of ether oxygens (including phenoxy) is 11. The second-order valence-electron chi connectivity index (χ2n) is 25.7. The number of carbonyl (C=O) groups is 2. The number of esters is 2. The van der Waals surface area contributed by atoms with Crippen molar-refractivity contribution in [2.75, 3.05) is 6.61 Å². The standard InChI is InChI=1S/C64H80O15/c1-35(34-69-61(67)41-21-20-40-24-38-12-6-7-13-39(38)25-42(40)26-41)22-43-27-44(65)60-53(70-43)28-50-54(75-60)33-63(5)55(73-50)19-11-17-47-48(77-63)18-10-16-46-45(71-47)14-8-9-15-49-59(74-46)37(3)23-52-51(72-49)29-56-62(4,78-52)31-36(2)32-64(68)57(76-56)30-58(66)79-64/h6-10,12-13,18,20-21,24-26,36-37,43-57,59-60,65,68H,1,11,14-17,19,22-23,27-34H2,2-5H3/b9-8-,18-10-/t36-,37-,43+,44-,45?,46-,47?,48+,49?,50?,51?,52-,53?,54+,55?,56?,57?,59+,60-,62+,63-,64-/m0/s1. The molecular formula is C64H80O15. The molecule has 0 amide bonds. The molecule has 2 N–H and O–H groups in total. The van der Waals surface area contributed by atoms with Gasteiger partial charge in [-0.15, -0.1) is 0 Å². The lowest BCUT2D eigenvalue weighted by Crippen LogP contribution is -2.65. The number of carbonyl (C=O) groups excluding carboxylic acids is 2. The minimum atomic E-state index is -1.63. The highest BCUT2D eigenvalue weighted by atomic mass is 16.7. The van der Waals surface area contributed by atoms with Gasteiger partial charge in [0.1, 0.15) is 24.9 Å². The van der Waals surface area contributed by atoms with Crippen molar-refractivity contribution < 1.29 is 71.9 Å². The lowest BCUT2D eigenvalue weighted by molar-refractivity contribution is -0.316. The Balaban J connectivity index is 0.626. The van der Waals surface area contributed by atoms with Gasteiger partial charge in [0.05, 0.1) is 109 Å². The Labute approximate surface area is 463 Å². The molecule has 79 heavy (non-hydrogen) atoms. The molecule has 15 heteroatoms. The van der Waals surface area contributed by atoms with Crippen molar-refractivity contribution >= 4 is 33.5 Å². The van der Waals surface area contributed by atoms with E-state index >= 15 is 0 Å². The summed E-state index contributed by atoms with van der Waals surface area (Å²) in [5.74, 6) is -2.32. The maximum Gasteiger partial charge on any atom is 0.338 e. The molecule has 8 fully saturated rings. The molecule has 10 aliphatic rings. The van der Waals surface area contributed by atoms with Crippen molar-refractivity contribution in [2.24, 2.45) is 11.8 Å². The fourth-order valence-electron chi connectivity index (χ4n) is 15.6. The Morgan fingerprint density at radius 1 is 0.658 bits per heavy atom. The van der Waals surface area contributed by atoms with Gasteiger partial charge in [0, 0.05) is 32.1 Å². The fourth-order valence-corrected chi connectivity index (χ4v) is 15.6. The van der Waals surface area contributed by atoms with Gasteiger partial charge >= 0.3 is 11.9 Å². The van der Waals surface area contributed by atoms with Gasteiger partial charge in [-0.25, -0.2) is 4.79 Å². The van der Waals surface area contributed by atoms with Crippen molar-refractivity contribution in [3.05, 3.63) is 96.6 Å².